The predicted octanol–water partition coefficient (Wildman–Crippen LogP) is 4.62. The maximum absolute atomic E-state index is 12.4. The summed E-state index contributed by atoms with van der Waals surface area (Å²) in [5.74, 6) is -1.42. The zero-order valence-electron chi connectivity index (χ0n) is 16.8. The summed E-state index contributed by atoms with van der Waals surface area (Å²) >= 11 is 5.97. The first kappa shape index (κ1) is 20.8. The molecule has 2 N–H and O–H groups in total. The summed E-state index contributed by atoms with van der Waals surface area (Å²) in [4.78, 5) is 28.7. The molecule has 1 heterocycles. The summed E-state index contributed by atoms with van der Waals surface area (Å²) in [6.07, 6.45) is 0. The van der Waals surface area contributed by atoms with Crippen molar-refractivity contribution in [2.75, 3.05) is 41.3 Å². The van der Waals surface area contributed by atoms with E-state index in [9.17, 15) is 14.7 Å². The summed E-state index contributed by atoms with van der Waals surface area (Å²) < 4.78 is 0. The second kappa shape index (κ2) is 9.10. The molecule has 0 radical (unpaired) electrons. The molecular weight excluding hydrogens is 414 g/mol. The Morgan fingerprint density at radius 3 is 2.00 bits per heavy atom. The highest BCUT2D eigenvalue weighted by molar-refractivity contribution is 6.30. The number of carbonyl (C=O) groups is 2. The van der Waals surface area contributed by atoms with Crippen molar-refractivity contribution in [2.45, 2.75) is 0 Å². The van der Waals surface area contributed by atoms with Gasteiger partial charge in [-0.15, -0.1) is 0 Å². The van der Waals surface area contributed by atoms with Crippen LogP contribution < -0.4 is 15.1 Å². The van der Waals surface area contributed by atoms with Gasteiger partial charge in [-0.1, -0.05) is 29.8 Å². The van der Waals surface area contributed by atoms with Gasteiger partial charge in [-0.3, -0.25) is 4.79 Å². The van der Waals surface area contributed by atoms with Crippen molar-refractivity contribution < 1.29 is 14.7 Å². The lowest BCUT2D eigenvalue weighted by Crippen LogP contribution is -2.46. The molecule has 1 amide bonds. The molecule has 0 saturated carbocycles. The highest BCUT2D eigenvalue weighted by Crippen LogP contribution is 2.26. The molecule has 3 aromatic rings. The number of anilines is 3. The van der Waals surface area contributed by atoms with Gasteiger partial charge in [0, 0.05) is 48.1 Å². The number of hydrogen-bond donors (Lipinski definition) is 2. The quantitative estimate of drug-likeness (QED) is 0.612. The van der Waals surface area contributed by atoms with E-state index in [4.69, 9.17) is 11.6 Å². The first-order valence-corrected chi connectivity index (χ1v) is 10.4. The SMILES string of the molecule is O=C(Nc1ccc(N2CCN(c3ccc(Cl)cc3)CC2)cc1C(=O)O)c1ccccc1. The minimum atomic E-state index is -1.08. The Labute approximate surface area is 185 Å². The van der Waals surface area contributed by atoms with Crippen LogP contribution in [0.2, 0.25) is 5.02 Å². The fourth-order valence-electron chi connectivity index (χ4n) is 3.67. The van der Waals surface area contributed by atoms with E-state index in [-0.39, 0.29) is 17.2 Å². The lowest BCUT2D eigenvalue weighted by molar-refractivity contribution is 0.0698. The van der Waals surface area contributed by atoms with E-state index in [0.717, 1.165) is 37.6 Å². The lowest BCUT2D eigenvalue weighted by atomic mass is 10.1. The van der Waals surface area contributed by atoms with Gasteiger partial charge in [0.05, 0.1) is 11.3 Å². The molecule has 0 atom stereocenters. The van der Waals surface area contributed by atoms with Crippen LogP contribution in [0, 0.1) is 0 Å². The number of piperazine rings is 1. The van der Waals surface area contributed by atoms with E-state index in [2.05, 4.69) is 15.1 Å². The van der Waals surface area contributed by atoms with Crippen molar-refractivity contribution in [3.63, 3.8) is 0 Å². The maximum atomic E-state index is 12.4. The summed E-state index contributed by atoms with van der Waals surface area (Å²) in [5.41, 5.74) is 2.77. The minimum absolute atomic E-state index is 0.0712. The number of amides is 1. The fourth-order valence-corrected chi connectivity index (χ4v) is 3.80. The van der Waals surface area contributed by atoms with Crippen LogP contribution in [0.15, 0.2) is 72.8 Å². The van der Waals surface area contributed by atoms with Crippen LogP contribution in [0.1, 0.15) is 20.7 Å². The molecule has 1 aliphatic heterocycles. The van der Waals surface area contributed by atoms with Crippen LogP contribution in [-0.4, -0.2) is 43.2 Å². The molecule has 7 heteroatoms. The van der Waals surface area contributed by atoms with Crippen LogP contribution in [0.4, 0.5) is 17.1 Å². The number of nitrogens with one attached hydrogen (secondary N) is 1. The Morgan fingerprint density at radius 1 is 0.806 bits per heavy atom. The summed E-state index contributed by atoms with van der Waals surface area (Å²) in [6.45, 7) is 3.15. The highest BCUT2D eigenvalue weighted by atomic mass is 35.5. The third kappa shape index (κ3) is 4.81. The molecule has 0 aromatic heterocycles. The number of benzene rings is 3. The van der Waals surface area contributed by atoms with Crippen molar-refractivity contribution in [1.29, 1.82) is 0 Å². The number of carboxylic acids is 1. The smallest absolute Gasteiger partial charge is 0.337 e. The molecular formula is C24H22ClN3O3. The first-order chi connectivity index (χ1) is 15.0. The third-order valence-electron chi connectivity index (χ3n) is 5.35. The molecule has 4 rings (SSSR count). The molecule has 1 aliphatic rings. The highest BCUT2D eigenvalue weighted by Gasteiger charge is 2.20. The van der Waals surface area contributed by atoms with Gasteiger partial charge in [0.15, 0.2) is 0 Å². The average Bonchev–Trinajstić information content (AvgIpc) is 2.80. The molecule has 3 aromatic carbocycles. The zero-order chi connectivity index (χ0) is 21.8. The minimum Gasteiger partial charge on any atom is -0.478 e. The molecule has 6 nitrogen and oxygen atoms in total. The van der Waals surface area contributed by atoms with Gasteiger partial charge in [0.25, 0.3) is 5.91 Å². The van der Waals surface area contributed by atoms with Crippen molar-refractivity contribution in [3.8, 4) is 0 Å². The van der Waals surface area contributed by atoms with Gasteiger partial charge in [0.2, 0.25) is 0 Å². The van der Waals surface area contributed by atoms with Crippen LogP contribution in [0.3, 0.4) is 0 Å². The van der Waals surface area contributed by atoms with Crippen molar-refractivity contribution in [2.24, 2.45) is 0 Å². The Hall–Kier alpha value is -3.51. The van der Waals surface area contributed by atoms with Crippen LogP contribution in [0.5, 0.6) is 0 Å². The van der Waals surface area contributed by atoms with E-state index in [1.165, 1.54) is 0 Å². The number of carbonyl (C=O) groups excluding carboxylic acids is 1. The molecule has 0 unspecified atom stereocenters. The Morgan fingerprint density at radius 2 is 1.39 bits per heavy atom. The Bertz CT molecular complexity index is 1080. The summed E-state index contributed by atoms with van der Waals surface area (Å²) in [5, 5.41) is 13.1. The van der Waals surface area contributed by atoms with Crippen LogP contribution >= 0.6 is 11.6 Å². The first-order valence-electron chi connectivity index (χ1n) is 10.0. The number of rotatable bonds is 5. The van der Waals surface area contributed by atoms with Gasteiger partial charge in [-0.05, 0) is 54.6 Å². The number of carboxylic acid groups (broad SMARTS) is 1. The summed E-state index contributed by atoms with van der Waals surface area (Å²) in [7, 11) is 0. The largest absolute Gasteiger partial charge is 0.478 e. The molecule has 0 bridgehead atoms. The lowest BCUT2D eigenvalue weighted by Gasteiger charge is -2.37. The molecule has 0 spiro atoms. The van der Waals surface area contributed by atoms with E-state index >= 15 is 0 Å². The molecule has 31 heavy (non-hydrogen) atoms. The molecule has 158 valence electrons. The number of aromatic carboxylic acids is 1. The molecule has 1 fully saturated rings. The normalized spacial score (nSPS) is 13.7. The van der Waals surface area contributed by atoms with Crippen LogP contribution in [-0.2, 0) is 0 Å². The second-order valence-corrected chi connectivity index (χ2v) is 7.74. The topological polar surface area (TPSA) is 72.9 Å². The number of hydrogen-bond acceptors (Lipinski definition) is 4. The van der Waals surface area contributed by atoms with Gasteiger partial charge < -0.3 is 20.2 Å². The number of nitrogens with zero attached hydrogens (tertiary/aromatic N) is 2. The van der Waals surface area contributed by atoms with Crippen molar-refractivity contribution in [3.05, 3.63) is 88.9 Å². The van der Waals surface area contributed by atoms with E-state index in [1.54, 1.807) is 36.4 Å². The fraction of sp³-hybridized carbons (Fsp3) is 0.167. The standard InChI is InChI=1S/C24H22ClN3O3/c25-18-6-8-19(9-7-18)27-12-14-28(15-13-27)20-10-11-22(21(16-20)24(30)31)26-23(29)17-4-2-1-3-5-17/h1-11,16H,12-15H2,(H,26,29)(H,30,31). The van der Waals surface area contributed by atoms with Crippen molar-refractivity contribution >= 4 is 40.5 Å². The van der Waals surface area contributed by atoms with Crippen molar-refractivity contribution in [1.82, 2.24) is 0 Å². The van der Waals surface area contributed by atoms with E-state index in [0.29, 0.717) is 10.6 Å². The Kier molecular flexibility index (Phi) is 6.09. The van der Waals surface area contributed by atoms with Gasteiger partial charge in [0.1, 0.15) is 0 Å². The van der Waals surface area contributed by atoms with E-state index < -0.39 is 5.97 Å². The maximum Gasteiger partial charge on any atom is 0.337 e. The molecule has 0 aliphatic carbocycles. The van der Waals surface area contributed by atoms with Gasteiger partial charge in [-0.2, -0.15) is 0 Å². The predicted molar refractivity (Wildman–Crippen MR) is 124 cm³/mol. The Balaban J connectivity index is 1.47. The van der Waals surface area contributed by atoms with Gasteiger partial charge in [-0.25, -0.2) is 4.79 Å². The summed E-state index contributed by atoms with van der Waals surface area (Å²) in [6, 6.07) is 21.6. The average molecular weight is 436 g/mol. The zero-order valence-corrected chi connectivity index (χ0v) is 17.5. The van der Waals surface area contributed by atoms with E-state index in [1.807, 2.05) is 36.4 Å². The number of halogens is 1. The second-order valence-electron chi connectivity index (χ2n) is 7.31. The van der Waals surface area contributed by atoms with Gasteiger partial charge >= 0.3 is 5.97 Å². The molecule has 1 saturated heterocycles. The van der Waals surface area contributed by atoms with Crippen LogP contribution in [0.25, 0.3) is 0 Å². The monoisotopic (exact) mass is 435 g/mol. The third-order valence-corrected chi connectivity index (χ3v) is 5.61.